The molecule has 1 aromatic heterocycles. The van der Waals surface area contributed by atoms with Crippen LogP contribution in [-0.4, -0.2) is 47.7 Å². The molecule has 2 aliphatic rings. The molecule has 6 heteroatoms. The summed E-state index contributed by atoms with van der Waals surface area (Å²) in [6.45, 7) is 4.50. The lowest BCUT2D eigenvalue weighted by Gasteiger charge is -2.63. The zero-order chi connectivity index (χ0) is 17.5. The smallest absolute Gasteiger partial charge is 0.339 e. The molecule has 1 spiro atoms. The van der Waals surface area contributed by atoms with Gasteiger partial charge in [0.05, 0.1) is 6.10 Å². The molecule has 2 unspecified atom stereocenters. The summed E-state index contributed by atoms with van der Waals surface area (Å²) < 4.78 is 11.4. The second-order valence-electron chi connectivity index (χ2n) is 6.80. The molecule has 1 amide bonds. The molecule has 2 fully saturated rings. The first-order valence-electron chi connectivity index (χ1n) is 8.69. The van der Waals surface area contributed by atoms with E-state index in [2.05, 4.69) is 0 Å². The maximum absolute atomic E-state index is 12.8. The topological polar surface area (TPSA) is 80.0 Å². The number of carbonyl (C=O) groups excluding carboxylic acids is 1. The summed E-state index contributed by atoms with van der Waals surface area (Å²) in [5, 5.41) is 9.22. The van der Waals surface area contributed by atoms with Gasteiger partial charge in [0.15, 0.2) is 5.76 Å². The average molecular weight is 335 g/mol. The van der Waals surface area contributed by atoms with Crippen molar-refractivity contribution >= 4 is 11.9 Å². The number of rotatable bonds is 6. The highest BCUT2D eigenvalue weighted by atomic mass is 16.5. The lowest BCUT2D eigenvalue weighted by Crippen LogP contribution is -2.67. The molecular formula is C18H25NO5. The number of carboxylic acids is 1. The van der Waals surface area contributed by atoms with Crippen LogP contribution in [0.25, 0.3) is 0 Å². The number of carbonyl (C=O) groups is 2. The van der Waals surface area contributed by atoms with Crippen LogP contribution in [0.2, 0.25) is 0 Å². The molecular weight excluding hydrogens is 310 g/mol. The average Bonchev–Trinajstić information content (AvgIpc) is 2.92. The number of hydrogen-bond donors (Lipinski definition) is 1. The Morgan fingerprint density at radius 1 is 1.42 bits per heavy atom. The fraction of sp³-hybridized carbons (Fsp3) is 0.667. The van der Waals surface area contributed by atoms with Gasteiger partial charge in [-0.1, -0.05) is 13.3 Å². The fourth-order valence-electron chi connectivity index (χ4n) is 4.24. The summed E-state index contributed by atoms with van der Waals surface area (Å²) in [4.78, 5) is 25.8. The molecule has 0 aliphatic heterocycles. The van der Waals surface area contributed by atoms with Crippen LogP contribution in [0, 0.1) is 5.41 Å². The first kappa shape index (κ1) is 17.0. The number of carboxylic acid groups (broad SMARTS) is 1. The van der Waals surface area contributed by atoms with Gasteiger partial charge >= 0.3 is 5.97 Å². The molecule has 0 radical (unpaired) electrons. The van der Waals surface area contributed by atoms with Crippen LogP contribution in [0.1, 0.15) is 66.2 Å². The van der Waals surface area contributed by atoms with E-state index >= 15 is 0 Å². The quantitative estimate of drug-likeness (QED) is 0.864. The Balaban J connectivity index is 1.77. The maximum Gasteiger partial charge on any atom is 0.339 e. The van der Waals surface area contributed by atoms with E-state index in [9.17, 15) is 14.7 Å². The maximum atomic E-state index is 12.8. The van der Waals surface area contributed by atoms with E-state index in [0.717, 1.165) is 19.3 Å². The van der Waals surface area contributed by atoms with Gasteiger partial charge in [-0.05, 0) is 26.2 Å². The Morgan fingerprint density at radius 3 is 2.58 bits per heavy atom. The van der Waals surface area contributed by atoms with Gasteiger partial charge in [-0.3, -0.25) is 4.79 Å². The number of aryl methyl sites for hydroxylation is 1. The normalized spacial score (nSPS) is 24.3. The zero-order valence-electron chi connectivity index (χ0n) is 14.5. The summed E-state index contributed by atoms with van der Waals surface area (Å²) in [6, 6.07) is 1.49. The van der Waals surface area contributed by atoms with Gasteiger partial charge in [-0.15, -0.1) is 0 Å². The van der Waals surface area contributed by atoms with Crippen molar-refractivity contribution in [2.24, 2.45) is 5.41 Å². The van der Waals surface area contributed by atoms with Crippen molar-refractivity contribution in [3.8, 4) is 0 Å². The molecule has 0 saturated heterocycles. The summed E-state index contributed by atoms with van der Waals surface area (Å²) in [7, 11) is 1.78. The van der Waals surface area contributed by atoms with Gasteiger partial charge in [-0.2, -0.15) is 0 Å². The Labute approximate surface area is 141 Å². The molecule has 1 heterocycles. The lowest BCUT2D eigenvalue weighted by atomic mass is 9.50. The van der Waals surface area contributed by atoms with E-state index in [1.807, 2.05) is 13.8 Å². The van der Waals surface area contributed by atoms with Gasteiger partial charge in [0.1, 0.15) is 11.3 Å². The highest BCUT2D eigenvalue weighted by Gasteiger charge is 2.61. The van der Waals surface area contributed by atoms with Crippen LogP contribution >= 0.6 is 0 Å². The minimum Gasteiger partial charge on any atom is -0.478 e. The molecule has 24 heavy (non-hydrogen) atoms. The summed E-state index contributed by atoms with van der Waals surface area (Å²) in [5.41, 5.74) is 0.157. The van der Waals surface area contributed by atoms with E-state index in [0.29, 0.717) is 18.8 Å². The van der Waals surface area contributed by atoms with Crippen molar-refractivity contribution in [2.75, 3.05) is 13.7 Å². The molecule has 132 valence electrons. The van der Waals surface area contributed by atoms with Gasteiger partial charge in [0, 0.05) is 37.6 Å². The number of nitrogens with zero attached hydrogens (tertiary/aromatic N) is 1. The molecule has 6 nitrogen and oxygen atoms in total. The van der Waals surface area contributed by atoms with Gasteiger partial charge in [0.25, 0.3) is 5.91 Å². The standard InChI is InChI=1S/C18H25NO5/c1-4-12-11(17(21)22)9-13(24-12)16(20)19(3)14-10-15(23-5-2)18(14)7-6-8-18/h9,14-15H,4-8,10H2,1-3H3,(H,21,22). The largest absolute Gasteiger partial charge is 0.478 e. The Kier molecular flexibility index (Phi) is 4.42. The fourth-order valence-corrected chi connectivity index (χ4v) is 4.24. The first-order valence-corrected chi connectivity index (χ1v) is 8.69. The van der Waals surface area contributed by atoms with Crippen LogP contribution in [-0.2, 0) is 11.2 Å². The third kappa shape index (κ3) is 2.44. The number of aromatic carboxylic acids is 1. The highest BCUT2D eigenvalue weighted by Crippen LogP contribution is 2.59. The third-order valence-corrected chi connectivity index (χ3v) is 5.75. The van der Waals surface area contributed by atoms with Crippen LogP contribution < -0.4 is 0 Å². The van der Waals surface area contributed by atoms with E-state index in [1.165, 1.54) is 12.5 Å². The van der Waals surface area contributed by atoms with Crippen LogP contribution in [0.4, 0.5) is 0 Å². The Morgan fingerprint density at radius 2 is 2.12 bits per heavy atom. The second-order valence-corrected chi connectivity index (χ2v) is 6.80. The van der Waals surface area contributed by atoms with Crippen LogP contribution in [0.15, 0.2) is 10.5 Å². The zero-order valence-corrected chi connectivity index (χ0v) is 14.5. The molecule has 2 atom stereocenters. The van der Waals surface area contributed by atoms with E-state index < -0.39 is 5.97 Å². The van der Waals surface area contributed by atoms with E-state index in [4.69, 9.17) is 9.15 Å². The van der Waals surface area contributed by atoms with Gasteiger partial charge in [-0.25, -0.2) is 4.79 Å². The number of amides is 1. The monoisotopic (exact) mass is 335 g/mol. The molecule has 0 aromatic carbocycles. The predicted molar refractivity (Wildman–Crippen MR) is 87.2 cm³/mol. The molecule has 2 saturated carbocycles. The highest BCUT2D eigenvalue weighted by molar-refractivity contribution is 5.96. The Hall–Kier alpha value is -1.82. The van der Waals surface area contributed by atoms with Crippen LogP contribution in [0.3, 0.4) is 0 Å². The molecule has 1 aromatic rings. The van der Waals surface area contributed by atoms with E-state index in [1.54, 1.807) is 11.9 Å². The van der Waals surface area contributed by atoms with Crippen molar-refractivity contribution in [1.82, 2.24) is 4.90 Å². The lowest BCUT2D eigenvalue weighted by molar-refractivity contribution is -0.192. The molecule has 2 aliphatic carbocycles. The summed E-state index contributed by atoms with van der Waals surface area (Å²) in [6.07, 6.45) is 4.85. The van der Waals surface area contributed by atoms with Crippen molar-refractivity contribution < 1.29 is 23.8 Å². The minimum absolute atomic E-state index is 0.0772. The predicted octanol–water partition coefficient (Wildman–Crippen LogP) is 2.96. The summed E-state index contributed by atoms with van der Waals surface area (Å²) >= 11 is 0. The van der Waals surface area contributed by atoms with Gasteiger partial charge < -0.3 is 19.2 Å². The minimum atomic E-state index is -1.06. The van der Waals surface area contributed by atoms with Crippen LogP contribution in [0.5, 0.6) is 0 Å². The molecule has 1 N–H and O–H groups in total. The SMILES string of the molecule is CCOC1CC(N(C)C(=O)c2cc(C(=O)O)c(CC)o2)C12CCC2. The Bertz CT molecular complexity index is 646. The summed E-state index contributed by atoms with van der Waals surface area (Å²) in [5.74, 6) is -0.851. The molecule has 3 rings (SSSR count). The number of ether oxygens (including phenoxy) is 1. The van der Waals surface area contributed by atoms with E-state index in [-0.39, 0.29) is 34.8 Å². The third-order valence-electron chi connectivity index (χ3n) is 5.75. The van der Waals surface area contributed by atoms with Gasteiger partial charge in [0.2, 0.25) is 0 Å². The van der Waals surface area contributed by atoms with Crippen molar-refractivity contribution in [1.29, 1.82) is 0 Å². The number of furan rings is 1. The number of hydrogen-bond acceptors (Lipinski definition) is 4. The molecule has 0 bridgehead atoms. The van der Waals surface area contributed by atoms with Crippen molar-refractivity contribution in [2.45, 2.75) is 58.1 Å². The first-order chi connectivity index (χ1) is 11.4. The van der Waals surface area contributed by atoms with Crippen molar-refractivity contribution in [3.05, 3.63) is 23.2 Å². The second kappa shape index (κ2) is 6.24. The van der Waals surface area contributed by atoms with Crippen molar-refractivity contribution in [3.63, 3.8) is 0 Å².